The van der Waals surface area contributed by atoms with Gasteiger partial charge in [0.2, 0.25) is 5.67 Å². The van der Waals surface area contributed by atoms with Gasteiger partial charge in [-0.1, -0.05) is 42.5 Å². The molecule has 2 aliphatic carbocycles. The highest BCUT2D eigenvalue weighted by Gasteiger charge is 2.85. The Morgan fingerprint density at radius 2 is 1.85 bits per heavy atom. The lowest BCUT2D eigenvalue weighted by atomic mass is 9.88. The topological polar surface area (TPSA) is 110 Å². The summed E-state index contributed by atoms with van der Waals surface area (Å²) >= 11 is 0. The number of rotatable bonds is 5. The number of hydrogen-bond donors (Lipinski definition) is 3. The van der Waals surface area contributed by atoms with Gasteiger partial charge in [0.1, 0.15) is 5.54 Å². The second kappa shape index (κ2) is 5.49. The van der Waals surface area contributed by atoms with Crippen molar-refractivity contribution in [1.29, 1.82) is 0 Å². The summed E-state index contributed by atoms with van der Waals surface area (Å²) in [5.74, 6) is -5.30. The lowest BCUT2D eigenvalue weighted by molar-refractivity contribution is -0.156. The minimum Gasteiger partial charge on any atom is -0.480 e. The van der Waals surface area contributed by atoms with Crippen molar-refractivity contribution in [1.82, 2.24) is 0 Å². The van der Waals surface area contributed by atoms with E-state index in [-0.39, 0.29) is 13.0 Å². The van der Waals surface area contributed by atoms with Crippen LogP contribution in [0.15, 0.2) is 42.5 Å². The average molecular weight is 359 g/mol. The predicted octanol–water partition coefficient (Wildman–Crippen LogP) is 1.95. The van der Waals surface area contributed by atoms with E-state index in [0.29, 0.717) is 0 Å². The molecule has 26 heavy (non-hydrogen) atoms. The van der Waals surface area contributed by atoms with Gasteiger partial charge in [0.15, 0.2) is 0 Å². The first-order chi connectivity index (χ1) is 12.3. The van der Waals surface area contributed by atoms with Crippen LogP contribution in [0.25, 0.3) is 10.8 Å². The Balaban J connectivity index is 1.58. The van der Waals surface area contributed by atoms with Crippen molar-refractivity contribution in [2.45, 2.75) is 30.3 Å². The second-order valence-electron chi connectivity index (χ2n) is 7.07. The van der Waals surface area contributed by atoms with E-state index in [1.807, 2.05) is 42.5 Å². The molecular weight excluding hydrogens is 341 g/mol. The van der Waals surface area contributed by atoms with Crippen molar-refractivity contribution in [3.05, 3.63) is 48.0 Å². The summed E-state index contributed by atoms with van der Waals surface area (Å²) in [5, 5.41) is 20.6. The van der Waals surface area contributed by atoms with E-state index >= 15 is 0 Å². The van der Waals surface area contributed by atoms with Crippen LogP contribution in [0.3, 0.4) is 0 Å². The summed E-state index contributed by atoms with van der Waals surface area (Å²) in [5.41, 5.74) is 2.23. The minimum absolute atomic E-state index is 0.0268. The summed E-state index contributed by atoms with van der Waals surface area (Å²) in [7, 11) is 0. The number of carboxylic acid groups (broad SMARTS) is 2. The third kappa shape index (κ3) is 2.10. The van der Waals surface area contributed by atoms with E-state index in [1.54, 1.807) is 0 Å². The zero-order chi connectivity index (χ0) is 18.7. The molecule has 0 radical (unpaired) electrons. The van der Waals surface area contributed by atoms with Crippen LogP contribution in [0, 0.1) is 11.8 Å². The molecule has 136 valence electrons. The van der Waals surface area contributed by atoms with Crippen molar-refractivity contribution in [3.63, 3.8) is 0 Å². The molecule has 0 saturated heterocycles. The first-order valence-electron chi connectivity index (χ1n) is 8.34. The van der Waals surface area contributed by atoms with Crippen LogP contribution in [0.2, 0.25) is 0 Å². The van der Waals surface area contributed by atoms with Gasteiger partial charge in [0.05, 0.1) is 12.7 Å². The molecule has 5 atom stereocenters. The lowest BCUT2D eigenvalue weighted by Crippen LogP contribution is -2.60. The average Bonchev–Trinajstić information content (AvgIpc) is 3.09. The molecule has 0 heterocycles. The lowest BCUT2D eigenvalue weighted by Gasteiger charge is -2.31. The van der Waals surface area contributed by atoms with Gasteiger partial charge in [-0.2, -0.15) is 0 Å². The number of fused-ring (bicyclic) bond motifs is 2. The highest BCUT2D eigenvalue weighted by atomic mass is 19.1. The Morgan fingerprint density at radius 3 is 2.54 bits per heavy atom. The van der Waals surface area contributed by atoms with Crippen LogP contribution in [-0.2, 0) is 20.9 Å². The fourth-order valence-corrected chi connectivity index (χ4v) is 4.42. The molecule has 4 N–H and O–H groups in total. The zero-order valence-corrected chi connectivity index (χ0v) is 13.8. The number of hydrogen-bond acceptors (Lipinski definition) is 4. The van der Waals surface area contributed by atoms with Gasteiger partial charge in [-0.3, -0.25) is 4.79 Å². The smallest absolute Gasteiger partial charge is 0.342 e. The van der Waals surface area contributed by atoms with E-state index in [2.05, 4.69) is 0 Å². The van der Waals surface area contributed by atoms with Gasteiger partial charge in [0.25, 0.3) is 0 Å². The highest BCUT2D eigenvalue weighted by Crippen LogP contribution is 2.67. The predicted molar refractivity (Wildman–Crippen MR) is 90.2 cm³/mol. The van der Waals surface area contributed by atoms with Gasteiger partial charge in [0, 0.05) is 11.8 Å². The monoisotopic (exact) mass is 359 g/mol. The van der Waals surface area contributed by atoms with E-state index in [4.69, 9.17) is 15.6 Å². The van der Waals surface area contributed by atoms with Gasteiger partial charge in [-0.25, -0.2) is 9.18 Å². The zero-order valence-electron chi connectivity index (χ0n) is 13.8. The molecule has 7 heteroatoms. The molecule has 2 aliphatic rings. The van der Waals surface area contributed by atoms with Crippen LogP contribution in [0.4, 0.5) is 4.39 Å². The van der Waals surface area contributed by atoms with Crippen LogP contribution in [0.5, 0.6) is 0 Å². The number of benzene rings is 2. The Kier molecular flexibility index (Phi) is 3.58. The highest BCUT2D eigenvalue weighted by molar-refractivity contribution is 5.90. The molecule has 0 spiro atoms. The molecule has 2 aromatic carbocycles. The summed E-state index contributed by atoms with van der Waals surface area (Å²) in [6.07, 6.45) is -0.974. The quantitative estimate of drug-likeness (QED) is 0.753. The largest absolute Gasteiger partial charge is 0.480 e. The molecule has 0 amide bonds. The van der Waals surface area contributed by atoms with Gasteiger partial charge in [-0.15, -0.1) is 0 Å². The number of carbonyl (C=O) groups is 2. The standard InChI is InChI=1S/C19H18FNO5/c20-18(16(22)23)13-8-14(19(21,15(13)18)17(24)25)26-9-11-6-3-5-10-4-1-2-7-12(10)11/h1-7,13-15H,8-9,21H2,(H,22,23)(H,24,25)/t13-,14-,15+,18-,19+/m1/s1. The van der Waals surface area contributed by atoms with E-state index in [0.717, 1.165) is 16.3 Å². The fourth-order valence-electron chi connectivity index (χ4n) is 4.42. The number of aliphatic carboxylic acids is 2. The number of halogens is 1. The Bertz CT molecular complexity index is 912. The molecule has 0 aliphatic heterocycles. The summed E-state index contributed by atoms with van der Waals surface area (Å²) < 4.78 is 20.3. The molecule has 0 bridgehead atoms. The molecule has 0 aromatic heterocycles. The van der Waals surface area contributed by atoms with Crippen molar-refractivity contribution in [2.75, 3.05) is 0 Å². The molecule has 2 aromatic rings. The van der Waals surface area contributed by atoms with Crippen molar-refractivity contribution in [2.24, 2.45) is 17.6 Å². The Morgan fingerprint density at radius 1 is 1.15 bits per heavy atom. The number of carboxylic acids is 2. The maximum Gasteiger partial charge on any atom is 0.342 e. The van der Waals surface area contributed by atoms with Crippen molar-refractivity contribution >= 4 is 22.7 Å². The summed E-state index contributed by atoms with van der Waals surface area (Å²) in [4.78, 5) is 22.9. The first kappa shape index (κ1) is 16.9. The SMILES string of the molecule is N[C@]1(C(=O)O)[C@H]2[C@@H](C[C@H]1OCc1cccc3ccccc13)[C@]2(F)C(=O)O. The van der Waals surface area contributed by atoms with E-state index in [9.17, 15) is 19.1 Å². The Labute approximate surface area is 148 Å². The van der Waals surface area contributed by atoms with Crippen LogP contribution in [-0.4, -0.2) is 39.5 Å². The molecule has 6 nitrogen and oxygen atoms in total. The molecule has 2 saturated carbocycles. The Hall–Kier alpha value is -2.51. The molecule has 2 fully saturated rings. The second-order valence-corrected chi connectivity index (χ2v) is 7.07. The maximum absolute atomic E-state index is 14.5. The van der Waals surface area contributed by atoms with Crippen LogP contribution >= 0.6 is 0 Å². The van der Waals surface area contributed by atoms with Gasteiger partial charge < -0.3 is 20.7 Å². The summed E-state index contributed by atoms with van der Waals surface area (Å²) in [6, 6.07) is 13.4. The number of nitrogens with two attached hydrogens (primary N) is 1. The first-order valence-corrected chi connectivity index (χ1v) is 8.34. The van der Waals surface area contributed by atoms with Gasteiger partial charge in [-0.05, 0) is 22.8 Å². The van der Waals surface area contributed by atoms with Crippen LogP contribution in [0.1, 0.15) is 12.0 Å². The minimum atomic E-state index is -2.58. The summed E-state index contributed by atoms with van der Waals surface area (Å²) in [6.45, 7) is 0.115. The maximum atomic E-state index is 14.5. The molecular formula is C19H18FNO5. The molecule has 4 rings (SSSR count). The van der Waals surface area contributed by atoms with Crippen LogP contribution < -0.4 is 5.73 Å². The van der Waals surface area contributed by atoms with E-state index < -0.39 is 41.1 Å². The van der Waals surface area contributed by atoms with E-state index in [1.165, 1.54) is 0 Å². The fraction of sp³-hybridized carbons (Fsp3) is 0.368. The number of alkyl halides is 1. The molecule has 0 unspecified atom stereocenters. The normalized spacial score (nSPS) is 35.2. The third-order valence-electron chi connectivity index (χ3n) is 5.82. The van der Waals surface area contributed by atoms with Crippen molar-refractivity contribution < 1.29 is 28.9 Å². The number of ether oxygens (including phenoxy) is 1. The van der Waals surface area contributed by atoms with Gasteiger partial charge >= 0.3 is 11.9 Å². The third-order valence-corrected chi connectivity index (χ3v) is 5.82. The van der Waals surface area contributed by atoms with Crippen molar-refractivity contribution in [3.8, 4) is 0 Å².